The third-order valence-electron chi connectivity index (χ3n) is 3.91. The minimum atomic E-state index is -0.455. The van der Waals surface area contributed by atoms with Gasteiger partial charge < -0.3 is 15.0 Å². The lowest BCUT2D eigenvalue weighted by Crippen LogP contribution is -2.31. The minimum absolute atomic E-state index is 0.0193. The number of H-pyrrole nitrogens is 1. The van der Waals surface area contributed by atoms with Crippen molar-refractivity contribution in [2.45, 2.75) is 25.5 Å². The van der Waals surface area contributed by atoms with E-state index in [4.69, 9.17) is 0 Å². The molecule has 2 aromatic rings. The standard InChI is InChI=1S/C16H18N2O2/c1-11-8-17-9-14(11)16(20)18-10-13(19)7-15(18)12-5-3-2-4-6-12/h2-6,8-9,13,15,17,19H,7,10H2,1H3. The van der Waals surface area contributed by atoms with Crippen LogP contribution in [0.15, 0.2) is 42.7 Å². The molecule has 2 N–H and O–H groups in total. The number of amides is 1. The van der Waals surface area contributed by atoms with E-state index in [1.807, 2.05) is 43.5 Å². The molecule has 0 bridgehead atoms. The molecular formula is C16H18N2O2. The second-order valence-electron chi connectivity index (χ2n) is 5.33. The van der Waals surface area contributed by atoms with Crippen LogP contribution in [0.5, 0.6) is 0 Å². The largest absolute Gasteiger partial charge is 0.391 e. The lowest BCUT2D eigenvalue weighted by Gasteiger charge is -2.24. The Bertz CT molecular complexity index is 606. The van der Waals surface area contributed by atoms with Crippen molar-refractivity contribution in [3.63, 3.8) is 0 Å². The third-order valence-corrected chi connectivity index (χ3v) is 3.91. The maximum atomic E-state index is 12.7. The molecule has 2 unspecified atom stereocenters. The molecule has 1 aliphatic rings. The molecule has 1 aromatic carbocycles. The van der Waals surface area contributed by atoms with Crippen molar-refractivity contribution in [2.75, 3.05) is 6.54 Å². The second-order valence-corrected chi connectivity index (χ2v) is 5.33. The molecule has 3 rings (SSSR count). The van der Waals surface area contributed by atoms with Gasteiger partial charge in [0.15, 0.2) is 0 Å². The van der Waals surface area contributed by atoms with E-state index in [0.717, 1.165) is 11.1 Å². The number of carbonyl (C=O) groups excluding carboxylic acids is 1. The van der Waals surface area contributed by atoms with Gasteiger partial charge in [0.1, 0.15) is 0 Å². The number of likely N-dealkylation sites (tertiary alicyclic amines) is 1. The van der Waals surface area contributed by atoms with Crippen LogP contribution in [0.3, 0.4) is 0 Å². The summed E-state index contributed by atoms with van der Waals surface area (Å²) in [4.78, 5) is 17.4. The van der Waals surface area contributed by atoms with Crippen molar-refractivity contribution in [1.82, 2.24) is 9.88 Å². The summed E-state index contributed by atoms with van der Waals surface area (Å²) in [5.41, 5.74) is 2.69. The zero-order valence-corrected chi connectivity index (χ0v) is 11.4. The maximum absolute atomic E-state index is 12.7. The molecule has 4 heteroatoms. The van der Waals surface area contributed by atoms with Crippen molar-refractivity contribution in [2.24, 2.45) is 0 Å². The summed E-state index contributed by atoms with van der Waals surface area (Å²) >= 11 is 0. The van der Waals surface area contributed by atoms with Crippen LogP contribution in [0.25, 0.3) is 0 Å². The van der Waals surface area contributed by atoms with Gasteiger partial charge in [-0.2, -0.15) is 0 Å². The summed E-state index contributed by atoms with van der Waals surface area (Å²) < 4.78 is 0. The Kier molecular flexibility index (Phi) is 3.32. The number of rotatable bonds is 2. The first-order valence-corrected chi connectivity index (χ1v) is 6.84. The quantitative estimate of drug-likeness (QED) is 0.879. The summed E-state index contributed by atoms with van der Waals surface area (Å²) in [5.74, 6) is -0.0193. The number of β-amino-alcohol motifs (C(OH)–C–C–N with tert-alkyl or cyclic N) is 1. The van der Waals surface area contributed by atoms with E-state index >= 15 is 0 Å². The number of hydrogen-bond acceptors (Lipinski definition) is 2. The average molecular weight is 270 g/mol. The summed E-state index contributed by atoms with van der Waals surface area (Å²) in [7, 11) is 0. The van der Waals surface area contributed by atoms with Gasteiger partial charge in [0, 0.05) is 18.9 Å². The normalized spacial score (nSPS) is 22.2. The number of aryl methyl sites for hydroxylation is 1. The molecule has 104 valence electrons. The fraction of sp³-hybridized carbons (Fsp3) is 0.312. The molecule has 1 aliphatic heterocycles. The fourth-order valence-corrected chi connectivity index (χ4v) is 2.86. The highest BCUT2D eigenvalue weighted by atomic mass is 16.3. The molecule has 1 amide bonds. The molecular weight excluding hydrogens is 252 g/mol. The van der Waals surface area contributed by atoms with E-state index in [1.54, 1.807) is 11.1 Å². The van der Waals surface area contributed by atoms with Crippen LogP contribution >= 0.6 is 0 Å². The van der Waals surface area contributed by atoms with Crippen molar-refractivity contribution in [3.05, 3.63) is 59.4 Å². The van der Waals surface area contributed by atoms with Crippen LogP contribution in [-0.2, 0) is 0 Å². The molecule has 0 saturated carbocycles. The monoisotopic (exact) mass is 270 g/mol. The molecule has 20 heavy (non-hydrogen) atoms. The first kappa shape index (κ1) is 12.9. The number of aliphatic hydroxyl groups is 1. The zero-order chi connectivity index (χ0) is 14.1. The highest BCUT2D eigenvalue weighted by Gasteiger charge is 2.36. The number of nitrogens with zero attached hydrogens (tertiary/aromatic N) is 1. The number of hydrogen-bond donors (Lipinski definition) is 2. The number of nitrogens with one attached hydrogen (secondary N) is 1. The molecule has 2 atom stereocenters. The highest BCUT2D eigenvalue weighted by molar-refractivity contribution is 5.96. The van der Waals surface area contributed by atoms with Gasteiger partial charge in [0.25, 0.3) is 5.91 Å². The number of aromatic nitrogens is 1. The average Bonchev–Trinajstić information content (AvgIpc) is 3.05. The van der Waals surface area contributed by atoms with Gasteiger partial charge in [-0.15, -0.1) is 0 Å². The summed E-state index contributed by atoms with van der Waals surface area (Å²) in [6.07, 6.45) is 3.68. The SMILES string of the molecule is Cc1c[nH]cc1C(=O)N1CC(O)CC1c1ccccc1. The van der Waals surface area contributed by atoms with Crippen LogP contribution in [-0.4, -0.2) is 33.5 Å². The predicted molar refractivity (Wildman–Crippen MR) is 76.4 cm³/mol. The number of carbonyl (C=O) groups is 1. The van der Waals surface area contributed by atoms with Gasteiger partial charge >= 0.3 is 0 Å². The summed E-state index contributed by atoms with van der Waals surface area (Å²) in [6, 6.07) is 9.85. The predicted octanol–water partition coefficient (Wildman–Crippen LogP) is 2.27. The van der Waals surface area contributed by atoms with Crippen molar-refractivity contribution >= 4 is 5.91 Å². The Morgan fingerprint density at radius 3 is 2.70 bits per heavy atom. The van der Waals surface area contributed by atoms with E-state index in [0.29, 0.717) is 18.5 Å². The number of aromatic amines is 1. The van der Waals surface area contributed by atoms with Gasteiger partial charge in [-0.25, -0.2) is 0 Å². The van der Waals surface area contributed by atoms with E-state index < -0.39 is 6.10 Å². The van der Waals surface area contributed by atoms with Gasteiger partial charge in [0.05, 0.1) is 17.7 Å². The van der Waals surface area contributed by atoms with Crippen molar-refractivity contribution in [1.29, 1.82) is 0 Å². The van der Waals surface area contributed by atoms with Gasteiger partial charge in [-0.05, 0) is 24.5 Å². The van der Waals surface area contributed by atoms with Crippen molar-refractivity contribution in [3.8, 4) is 0 Å². The second kappa shape index (κ2) is 5.13. The molecule has 2 heterocycles. The fourth-order valence-electron chi connectivity index (χ4n) is 2.86. The Hall–Kier alpha value is -2.07. The van der Waals surface area contributed by atoms with E-state index in [-0.39, 0.29) is 11.9 Å². The van der Waals surface area contributed by atoms with Gasteiger partial charge in [-0.3, -0.25) is 4.79 Å². The van der Waals surface area contributed by atoms with E-state index in [9.17, 15) is 9.90 Å². The van der Waals surface area contributed by atoms with E-state index in [2.05, 4.69) is 4.98 Å². The van der Waals surface area contributed by atoms with E-state index in [1.165, 1.54) is 0 Å². The minimum Gasteiger partial charge on any atom is -0.391 e. The molecule has 1 saturated heterocycles. The van der Waals surface area contributed by atoms with Crippen LogP contribution in [0.2, 0.25) is 0 Å². The Balaban J connectivity index is 1.91. The molecule has 0 aliphatic carbocycles. The first-order chi connectivity index (χ1) is 9.66. The highest BCUT2D eigenvalue weighted by Crippen LogP contribution is 2.33. The number of aliphatic hydroxyl groups excluding tert-OH is 1. The molecule has 0 radical (unpaired) electrons. The summed E-state index contributed by atoms with van der Waals surface area (Å²) in [6.45, 7) is 2.30. The molecule has 1 fully saturated rings. The molecule has 4 nitrogen and oxygen atoms in total. The third kappa shape index (κ3) is 2.23. The van der Waals surface area contributed by atoms with Crippen LogP contribution in [0, 0.1) is 6.92 Å². The lowest BCUT2D eigenvalue weighted by atomic mass is 10.0. The molecule has 0 spiro atoms. The first-order valence-electron chi connectivity index (χ1n) is 6.84. The van der Waals surface area contributed by atoms with Crippen LogP contribution in [0.4, 0.5) is 0 Å². The van der Waals surface area contributed by atoms with Crippen LogP contribution in [0.1, 0.15) is 33.9 Å². The number of benzene rings is 1. The van der Waals surface area contributed by atoms with Crippen LogP contribution < -0.4 is 0 Å². The smallest absolute Gasteiger partial charge is 0.256 e. The lowest BCUT2D eigenvalue weighted by molar-refractivity contribution is 0.0715. The maximum Gasteiger partial charge on any atom is 0.256 e. The van der Waals surface area contributed by atoms with Gasteiger partial charge in [0.2, 0.25) is 0 Å². The Morgan fingerprint density at radius 1 is 1.30 bits per heavy atom. The zero-order valence-electron chi connectivity index (χ0n) is 11.4. The van der Waals surface area contributed by atoms with Gasteiger partial charge in [-0.1, -0.05) is 30.3 Å². The summed E-state index contributed by atoms with van der Waals surface area (Å²) in [5, 5.41) is 9.95. The topological polar surface area (TPSA) is 56.3 Å². The molecule has 1 aromatic heterocycles. The Labute approximate surface area is 118 Å². The Morgan fingerprint density at radius 2 is 2.05 bits per heavy atom. The van der Waals surface area contributed by atoms with Crippen molar-refractivity contribution < 1.29 is 9.90 Å².